The number of nitrogens with zero attached hydrogens (tertiary/aromatic N) is 2. The molecule has 0 aliphatic rings. The van der Waals surface area contributed by atoms with Gasteiger partial charge in [0.1, 0.15) is 5.02 Å². The van der Waals surface area contributed by atoms with Crippen LogP contribution in [0.2, 0.25) is 5.02 Å². The fourth-order valence-corrected chi connectivity index (χ4v) is 1.49. The first kappa shape index (κ1) is 14.0. The Balaban J connectivity index is 2.74. The smallest absolute Gasteiger partial charge is 0.318 e. The van der Waals surface area contributed by atoms with Crippen molar-refractivity contribution in [3.63, 3.8) is 0 Å². The summed E-state index contributed by atoms with van der Waals surface area (Å²) >= 11 is 5.98. The van der Waals surface area contributed by atoms with Gasteiger partial charge in [-0.1, -0.05) is 25.4 Å². The zero-order valence-electron chi connectivity index (χ0n) is 10.5. The Hall–Kier alpha value is -1.07. The third-order valence-electron chi connectivity index (χ3n) is 2.92. The Morgan fingerprint density at radius 1 is 1.47 bits per heavy atom. The van der Waals surface area contributed by atoms with E-state index in [4.69, 9.17) is 22.1 Å². The normalized spacial score (nSPS) is 11.4. The molecule has 1 rings (SSSR count). The van der Waals surface area contributed by atoms with Crippen LogP contribution in [0.3, 0.4) is 0 Å². The summed E-state index contributed by atoms with van der Waals surface area (Å²) < 4.78 is 4.94. The van der Waals surface area contributed by atoms with Gasteiger partial charge in [-0.15, -0.1) is 0 Å². The van der Waals surface area contributed by atoms with E-state index < -0.39 is 0 Å². The summed E-state index contributed by atoms with van der Waals surface area (Å²) in [5.74, 6) is 0.551. The van der Waals surface area contributed by atoms with Gasteiger partial charge in [0.2, 0.25) is 0 Å². The molecule has 0 bridgehead atoms. The van der Waals surface area contributed by atoms with Gasteiger partial charge in [-0.25, -0.2) is 4.98 Å². The van der Waals surface area contributed by atoms with Crippen molar-refractivity contribution in [3.05, 3.63) is 11.2 Å². The molecule has 0 saturated heterocycles. The summed E-state index contributed by atoms with van der Waals surface area (Å²) in [5, 5.41) is 3.60. The Labute approximate surface area is 107 Å². The molecule has 1 aromatic rings. The molecule has 17 heavy (non-hydrogen) atoms. The van der Waals surface area contributed by atoms with Crippen molar-refractivity contribution in [2.75, 3.05) is 19.0 Å². The highest BCUT2D eigenvalue weighted by Crippen LogP contribution is 2.21. The van der Waals surface area contributed by atoms with Crippen molar-refractivity contribution in [1.82, 2.24) is 9.97 Å². The molecule has 3 N–H and O–H groups in total. The van der Waals surface area contributed by atoms with Gasteiger partial charge in [-0.2, -0.15) is 4.98 Å². The molecule has 96 valence electrons. The van der Waals surface area contributed by atoms with E-state index in [0.29, 0.717) is 17.4 Å². The first-order valence-electron chi connectivity index (χ1n) is 5.64. The molecule has 0 saturated carbocycles. The lowest BCUT2D eigenvalue weighted by Gasteiger charge is -2.27. The maximum atomic E-state index is 6.18. The molecular formula is C11H19ClN4O. The Morgan fingerprint density at radius 2 is 2.12 bits per heavy atom. The average molecular weight is 259 g/mol. The topological polar surface area (TPSA) is 73.1 Å². The number of aromatic nitrogens is 2. The van der Waals surface area contributed by atoms with E-state index in [9.17, 15) is 0 Å². The molecule has 0 radical (unpaired) electrons. The van der Waals surface area contributed by atoms with Crippen LogP contribution in [0.1, 0.15) is 26.7 Å². The predicted octanol–water partition coefficient (Wildman–Crippen LogP) is 2.07. The fourth-order valence-electron chi connectivity index (χ4n) is 1.33. The molecule has 5 nitrogen and oxygen atoms in total. The third kappa shape index (κ3) is 3.71. The van der Waals surface area contributed by atoms with E-state index in [0.717, 1.165) is 12.8 Å². The standard InChI is InChI=1S/C11H19ClN4O/c1-4-11(13,5-2)7-15-9-8(12)6-14-10(16-9)17-3/h6H,4-5,7,13H2,1-3H3,(H,14,15,16). The van der Waals surface area contributed by atoms with Crippen LogP contribution in [-0.4, -0.2) is 29.2 Å². The van der Waals surface area contributed by atoms with E-state index in [1.165, 1.54) is 13.3 Å². The van der Waals surface area contributed by atoms with E-state index in [2.05, 4.69) is 29.1 Å². The summed E-state index contributed by atoms with van der Waals surface area (Å²) in [6.07, 6.45) is 3.28. The molecule has 0 unspecified atom stereocenters. The van der Waals surface area contributed by atoms with Crippen LogP contribution in [0.25, 0.3) is 0 Å². The van der Waals surface area contributed by atoms with Gasteiger partial charge in [0.15, 0.2) is 5.82 Å². The number of ether oxygens (including phenoxy) is 1. The lowest BCUT2D eigenvalue weighted by molar-refractivity contribution is 0.379. The molecule has 0 aromatic carbocycles. The Morgan fingerprint density at radius 3 is 2.65 bits per heavy atom. The Bertz CT molecular complexity index is 368. The van der Waals surface area contributed by atoms with Crippen molar-refractivity contribution in [2.24, 2.45) is 5.73 Å². The van der Waals surface area contributed by atoms with Gasteiger partial charge in [-0.05, 0) is 12.8 Å². The minimum absolute atomic E-state index is 0.248. The minimum Gasteiger partial charge on any atom is -0.467 e. The largest absolute Gasteiger partial charge is 0.467 e. The third-order valence-corrected chi connectivity index (χ3v) is 3.20. The number of rotatable bonds is 6. The van der Waals surface area contributed by atoms with Crippen LogP contribution in [0.4, 0.5) is 5.82 Å². The molecule has 0 spiro atoms. The highest BCUT2D eigenvalue weighted by Gasteiger charge is 2.20. The van der Waals surface area contributed by atoms with E-state index in [-0.39, 0.29) is 11.5 Å². The molecule has 1 aromatic heterocycles. The van der Waals surface area contributed by atoms with E-state index in [1.54, 1.807) is 0 Å². The molecule has 6 heteroatoms. The van der Waals surface area contributed by atoms with Gasteiger partial charge in [0.05, 0.1) is 13.3 Å². The van der Waals surface area contributed by atoms with Crippen LogP contribution < -0.4 is 15.8 Å². The SMILES string of the molecule is CCC(N)(CC)CNc1nc(OC)ncc1Cl. The van der Waals surface area contributed by atoms with Crippen molar-refractivity contribution >= 4 is 17.4 Å². The fraction of sp³-hybridized carbons (Fsp3) is 0.636. The number of hydrogen-bond acceptors (Lipinski definition) is 5. The average Bonchev–Trinajstić information content (AvgIpc) is 2.37. The van der Waals surface area contributed by atoms with Crippen LogP contribution in [0.5, 0.6) is 6.01 Å². The number of methoxy groups -OCH3 is 1. The maximum Gasteiger partial charge on any atom is 0.318 e. The zero-order chi connectivity index (χ0) is 12.9. The number of nitrogens with one attached hydrogen (secondary N) is 1. The highest BCUT2D eigenvalue weighted by molar-refractivity contribution is 6.32. The molecule has 0 fully saturated rings. The summed E-state index contributed by atoms with van der Waals surface area (Å²) in [6, 6.07) is 0.285. The summed E-state index contributed by atoms with van der Waals surface area (Å²) in [7, 11) is 1.51. The minimum atomic E-state index is -0.248. The molecule has 0 atom stereocenters. The van der Waals surface area contributed by atoms with Crippen LogP contribution in [0.15, 0.2) is 6.20 Å². The first-order valence-corrected chi connectivity index (χ1v) is 6.01. The molecule has 1 heterocycles. The second-order valence-corrected chi connectivity index (χ2v) is 4.38. The first-order chi connectivity index (χ1) is 8.04. The van der Waals surface area contributed by atoms with Crippen molar-refractivity contribution in [1.29, 1.82) is 0 Å². The van der Waals surface area contributed by atoms with Crippen LogP contribution in [-0.2, 0) is 0 Å². The summed E-state index contributed by atoms with van der Waals surface area (Å²) in [6.45, 7) is 4.74. The maximum absolute atomic E-state index is 6.18. The predicted molar refractivity (Wildman–Crippen MR) is 69.6 cm³/mol. The second kappa shape index (κ2) is 6.02. The summed E-state index contributed by atoms with van der Waals surface area (Å²) in [4.78, 5) is 8.04. The van der Waals surface area contributed by atoms with E-state index in [1.807, 2.05) is 0 Å². The highest BCUT2D eigenvalue weighted by atomic mass is 35.5. The van der Waals surface area contributed by atoms with Crippen LogP contribution in [0, 0.1) is 0 Å². The quantitative estimate of drug-likeness (QED) is 0.817. The van der Waals surface area contributed by atoms with Crippen LogP contribution >= 0.6 is 11.6 Å². The second-order valence-electron chi connectivity index (χ2n) is 3.98. The Kier molecular flexibility index (Phi) is 4.96. The zero-order valence-corrected chi connectivity index (χ0v) is 11.2. The molecular weight excluding hydrogens is 240 g/mol. The van der Waals surface area contributed by atoms with Gasteiger partial charge in [0, 0.05) is 12.1 Å². The molecule has 0 aliphatic heterocycles. The van der Waals surface area contributed by atoms with Crippen molar-refractivity contribution in [2.45, 2.75) is 32.2 Å². The lowest BCUT2D eigenvalue weighted by Crippen LogP contribution is -2.45. The molecule has 0 amide bonds. The number of hydrogen-bond donors (Lipinski definition) is 2. The van der Waals surface area contributed by atoms with Gasteiger partial charge in [-0.3, -0.25) is 0 Å². The summed E-state index contributed by atoms with van der Waals surface area (Å²) in [5.41, 5.74) is 5.94. The number of halogens is 1. The van der Waals surface area contributed by atoms with E-state index >= 15 is 0 Å². The van der Waals surface area contributed by atoms with Gasteiger partial charge < -0.3 is 15.8 Å². The lowest BCUT2D eigenvalue weighted by atomic mass is 9.94. The van der Waals surface area contributed by atoms with Crippen molar-refractivity contribution < 1.29 is 4.74 Å². The monoisotopic (exact) mass is 258 g/mol. The molecule has 0 aliphatic carbocycles. The number of nitrogens with two attached hydrogens (primary N) is 1. The van der Waals surface area contributed by atoms with Crippen molar-refractivity contribution in [3.8, 4) is 6.01 Å². The number of anilines is 1. The van der Waals surface area contributed by atoms with Gasteiger partial charge >= 0.3 is 6.01 Å². The van der Waals surface area contributed by atoms with Gasteiger partial charge in [0.25, 0.3) is 0 Å².